The van der Waals surface area contributed by atoms with Crippen LogP contribution in [-0.4, -0.2) is 94.9 Å². The Hall–Kier alpha value is 0.886. The molecular formula is C4H12CaMgO6. The van der Waals surface area contributed by atoms with Gasteiger partial charge in [0.15, 0.2) is 0 Å². The smallest absolute Gasteiger partial charge is 0.870 e. The Morgan fingerprint density at radius 2 is 0.833 bits per heavy atom. The number of rotatable bonds is 0. The van der Waals surface area contributed by atoms with Gasteiger partial charge in [0.2, 0.25) is 0 Å². The van der Waals surface area contributed by atoms with Gasteiger partial charge in [0.25, 0.3) is 0 Å². The van der Waals surface area contributed by atoms with Crippen molar-refractivity contribution in [1.29, 1.82) is 0 Å². The van der Waals surface area contributed by atoms with E-state index in [1.807, 2.05) is 0 Å². The molecule has 8 heteroatoms. The Balaban J connectivity index is -0.00000000296. The summed E-state index contributed by atoms with van der Waals surface area (Å²) < 4.78 is 0. The summed E-state index contributed by atoms with van der Waals surface area (Å²) in [4.78, 5) is 16.5. The Bertz CT molecular complexity index is 40.5. The van der Waals surface area contributed by atoms with Crippen molar-refractivity contribution in [2.75, 3.05) is 0 Å². The Kier molecular flexibility index (Phi) is 1070. The van der Waals surface area contributed by atoms with E-state index in [0.717, 1.165) is 0 Å². The van der Waals surface area contributed by atoms with Gasteiger partial charge in [-0.15, -0.1) is 0 Å². The maximum Gasteiger partial charge on any atom is 2.00 e. The Labute approximate surface area is 118 Å². The third-order valence-electron chi connectivity index (χ3n) is 0. The molecule has 0 unspecified atom stereocenters. The van der Waals surface area contributed by atoms with Gasteiger partial charge in [0.1, 0.15) is 0 Å². The van der Waals surface area contributed by atoms with Crippen LogP contribution >= 0.6 is 0 Å². The van der Waals surface area contributed by atoms with Gasteiger partial charge in [0.05, 0.1) is 0 Å². The van der Waals surface area contributed by atoms with Gasteiger partial charge < -0.3 is 30.8 Å². The third-order valence-corrected chi connectivity index (χ3v) is 0. The minimum Gasteiger partial charge on any atom is -0.870 e. The van der Waals surface area contributed by atoms with Crippen LogP contribution in [-0.2, 0) is 9.59 Å². The van der Waals surface area contributed by atoms with Crippen molar-refractivity contribution < 1.29 is 30.8 Å². The minimum atomic E-state index is 0. The van der Waals surface area contributed by atoms with Crippen LogP contribution in [0.25, 0.3) is 0 Å². The molecule has 0 saturated heterocycles. The molecule has 0 saturated carbocycles. The molecule has 0 spiro atoms. The molecule has 68 valence electrons. The van der Waals surface area contributed by atoms with Crippen LogP contribution < -0.4 is 0 Å². The van der Waals surface area contributed by atoms with Gasteiger partial charge in [-0.2, -0.15) is 0 Å². The number of hydrogen-bond donors (Lipinski definition) is 2. The van der Waals surface area contributed by atoms with E-state index >= 15 is 0 Å². The first-order chi connectivity index (χ1) is 2.83. The molecular weight excluding hydrogens is 208 g/mol. The van der Waals surface area contributed by atoms with Crippen molar-refractivity contribution in [2.24, 2.45) is 0 Å². The fourth-order valence-electron chi connectivity index (χ4n) is 0. The standard InChI is InChI=1S/2CHO2.2CH4.Ca.Mg.2H2O/c2*2-1-3;;;;;;/h2*(H,2,3);2*1H4;;;2*1H2/q2*-1;;;2*+2;;/p-2. The molecule has 0 aliphatic heterocycles. The topological polar surface area (TPSA) is 135 Å². The van der Waals surface area contributed by atoms with Gasteiger partial charge >= 0.3 is 60.8 Å². The summed E-state index contributed by atoms with van der Waals surface area (Å²) in [6.45, 7) is 1.00. The van der Waals surface area contributed by atoms with Crippen molar-refractivity contribution in [3.8, 4) is 0 Å². The predicted octanol–water partition coefficient (Wildman–Crippen LogP) is -0.620. The fraction of sp³-hybridized carbons (Fsp3) is 0.500. The van der Waals surface area contributed by atoms with Crippen LogP contribution in [0.3, 0.4) is 0 Å². The summed E-state index contributed by atoms with van der Waals surface area (Å²) in [6.07, 6.45) is 0. The molecule has 0 amide bonds. The second-order valence-electron chi connectivity index (χ2n) is 0.183. The molecule has 0 aliphatic carbocycles. The van der Waals surface area contributed by atoms with E-state index in [4.69, 9.17) is 19.8 Å². The molecule has 0 rings (SSSR count). The van der Waals surface area contributed by atoms with Gasteiger partial charge in [-0.3, -0.25) is 0 Å². The van der Waals surface area contributed by atoms with Crippen molar-refractivity contribution in [3.63, 3.8) is 0 Å². The monoisotopic (exact) mass is 220 g/mol. The zero-order chi connectivity index (χ0) is 5.41. The normalized spacial score (nSPS) is 2.00. The van der Waals surface area contributed by atoms with Gasteiger partial charge in [-0.05, 0) is 0 Å². The zero-order valence-corrected chi connectivity index (χ0v) is 8.64. The van der Waals surface area contributed by atoms with E-state index < -0.39 is 0 Å². The van der Waals surface area contributed by atoms with E-state index in [9.17, 15) is 0 Å². The maximum absolute atomic E-state index is 8.24. The van der Waals surface area contributed by atoms with Gasteiger partial charge in [-0.1, -0.05) is 27.8 Å². The average molecular weight is 221 g/mol. The van der Waals surface area contributed by atoms with Crippen molar-refractivity contribution >= 4 is 73.7 Å². The van der Waals surface area contributed by atoms with Crippen molar-refractivity contribution in [1.82, 2.24) is 0 Å². The first-order valence-corrected chi connectivity index (χ1v) is 0.855. The molecule has 4 N–H and O–H groups in total. The molecule has 0 aliphatic rings. The molecule has 0 atom stereocenters. The second-order valence-corrected chi connectivity index (χ2v) is 0.183. The molecule has 12 heavy (non-hydrogen) atoms. The summed E-state index contributed by atoms with van der Waals surface area (Å²) in [5.74, 6) is 0. The molecule has 0 aromatic heterocycles. The number of hydrogen-bond acceptors (Lipinski definition) is 4. The van der Waals surface area contributed by atoms with E-state index in [-0.39, 0.29) is 86.6 Å². The molecule has 0 radical (unpaired) electrons. The van der Waals surface area contributed by atoms with Crippen LogP contribution in [0.1, 0.15) is 14.9 Å². The van der Waals surface area contributed by atoms with E-state index in [2.05, 4.69) is 0 Å². The first kappa shape index (κ1) is 76.3. The molecule has 0 aromatic carbocycles. The average Bonchev–Trinajstić information content (AvgIpc) is 1.39. The molecule has 6 nitrogen and oxygen atoms in total. The fourth-order valence-corrected chi connectivity index (χ4v) is 0. The summed E-state index contributed by atoms with van der Waals surface area (Å²) in [7, 11) is 0. The molecule has 0 heterocycles. The van der Waals surface area contributed by atoms with Gasteiger partial charge in [0, 0.05) is 0 Å². The van der Waals surface area contributed by atoms with Crippen molar-refractivity contribution in [2.45, 2.75) is 14.9 Å². The molecule has 0 fully saturated rings. The summed E-state index contributed by atoms with van der Waals surface area (Å²) in [5, 5.41) is 13.5. The quantitative estimate of drug-likeness (QED) is 0.413. The Morgan fingerprint density at radius 1 is 0.833 bits per heavy atom. The predicted molar refractivity (Wildman–Crippen MR) is 45.5 cm³/mol. The number of aliphatic hydroxyl groups excluding tert-OH is 2. The Morgan fingerprint density at radius 3 is 0.833 bits per heavy atom. The van der Waals surface area contributed by atoms with Crippen LogP contribution in [0.5, 0.6) is 0 Å². The summed E-state index contributed by atoms with van der Waals surface area (Å²) in [5.41, 5.74) is 0. The maximum atomic E-state index is 8.24. The zero-order valence-electron chi connectivity index (χ0n) is 5.02. The van der Waals surface area contributed by atoms with Crippen LogP contribution in [0, 0.1) is 0 Å². The molecule has 0 aromatic rings. The van der Waals surface area contributed by atoms with Crippen molar-refractivity contribution in [3.05, 3.63) is 0 Å². The third kappa shape index (κ3) is 1360. The van der Waals surface area contributed by atoms with Crippen LogP contribution in [0.4, 0.5) is 0 Å². The molecule has 0 bridgehead atoms. The van der Waals surface area contributed by atoms with Gasteiger partial charge in [-0.25, -0.2) is 0 Å². The van der Waals surface area contributed by atoms with Crippen LogP contribution in [0.2, 0.25) is 0 Å². The van der Waals surface area contributed by atoms with E-state index in [1.165, 1.54) is 0 Å². The first-order valence-electron chi connectivity index (χ1n) is 0.855. The summed E-state index contributed by atoms with van der Waals surface area (Å²) in [6, 6.07) is 0. The van der Waals surface area contributed by atoms with Crippen LogP contribution in [0.15, 0.2) is 0 Å². The largest absolute Gasteiger partial charge is 2.00 e. The second kappa shape index (κ2) is 169. The summed E-state index contributed by atoms with van der Waals surface area (Å²) >= 11 is 0. The van der Waals surface area contributed by atoms with E-state index in [0.29, 0.717) is 12.9 Å². The minimum absolute atomic E-state index is 0. The SMILES string of the molecule is C.C.O=[C-]O.O=[C-]O.[Ca+2].[Mg+2].[OH-].[OH-]. The van der Waals surface area contributed by atoms with E-state index in [1.54, 1.807) is 0 Å².